The SMILES string of the molecule is O=C(CSC1=Nc2ccccc2CS1)NC(c1ccccc1)c1nccs1. The molecule has 0 saturated heterocycles. The van der Waals surface area contributed by atoms with Gasteiger partial charge in [-0.05, 0) is 17.2 Å². The van der Waals surface area contributed by atoms with Crippen molar-refractivity contribution in [1.82, 2.24) is 10.3 Å². The van der Waals surface area contributed by atoms with Gasteiger partial charge in [0.05, 0.1) is 11.4 Å². The summed E-state index contributed by atoms with van der Waals surface area (Å²) in [4.78, 5) is 21.6. The summed E-state index contributed by atoms with van der Waals surface area (Å²) in [6, 6.07) is 17.9. The Morgan fingerprint density at radius 2 is 1.96 bits per heavy atom. The van der Waals surface area contributed by atoms with Crippen molar-refractivity contribution >= 4 is 50.8 Å². The van der Waals surface area contributed by atoms with Gasteiger partial charge in [-0.1, -0.05) is 72.1 Å². The second-order valence-corrected chi connectivity index (χ2v) is 8.98. The fraction of sp³-hybridized carbons (Fsp3) is 0.150. The van der Waals surface area contributed by atoms with E-state index in [0.29, 0.717) is 5.75 Å². The highest BCUT2D eigenvalue weighted by Crippen LogP contribution is 2.34. The Kier molecular flexibility index (Phi) is 5.91. The van der Waals surface area contributed by atoms with E-state index < -0.39 is 0 Å². The Hall–Kier alpha value is -2.09. The van der Waals surface area contributed by atoms with Crippen LogP contribution in [0.25, 0.3) is 0 Å². The number of nitrogens with one attached hydrogen (secondary N) is 1. The molecule has 7 heteroatoms. The third-order valence-electron chi connectivity index (χ3n) is 4.02. The number of aromatic nitrogens is 1. The van der Waals surface area contributed by atoms with E-state index in [9.17, 15) is 4.79 Å². The molecule has 1 N–H and O–H groups in total. The summed E-state index contributed by atoms with van der Waals surface area (Å²) in [6.45, 7) is 0. The lowest BCUT2D eigenvalue weighted by atomic mass is 10.1. The largest absolute Gasteiger partial charge is 0.342 e. The predicted molar refractivity (Wildman–Crippen MR) is 116 cm³/mol. The molecule has 1 aliphatic rings. The van der Waals surface area contributed by atoms with Crippen molar-refractivity contribution in [3.05, 3.63) is 82.3 Å². The monoisotopic (exact) mass is 411 g/mol. The lowest BCUT2D eigenvalue weighted by Gasteiger charge is -2.18. The van der Waals surface area contributed by atoms with Gasteiger partial charge in [-0.15, -0.1) is 11.3 Å². The smallest absolute Gasteiger partial charge is 0.231 e. The molecule has 2 aromatic carbocycles. The maximum absolute atomic E-state index is 12.6. The van der Waals surface area contributed by atoms with Crippen molar-refractivity contribution in [2.45, 2.75) is 11.8 Å². The van der Waals surface area contributed by atoms with Gasteiger partial charge in [-0.25, -0.2) is 9.98 Å². The molecule has 3 aromatic rings. The molecule has 1 aromatic heterocycles. The van der Waals surface area contributed by atoms with Crippen molar-refractivity contribution in [3.63, 3.8) is 0 Å². The van der Waals surface area contributed by atoms with Gasteiger partial charge >= 0.3 is 0 Å². The van der Waals surface area contributed by atoms with Crippen LogP contribution in [0.5, 0.6) is 0 Å². The second-order valence-electron chi connectivity index (χ2n) is 5.87. The number of rotatable bonds is 5. The van der Waals surface area contributed by atoms with Gasteiger partial charge in [-0.2, -0.15) is 0 Å². The highest BCUT2D eigenvalue weighted by molar-refractivity contribution is 8.38. The summed E-state index contributed by atoms with van der Waals surface area (Å²) in [5.41, 5.74) is 3.28. The van der Waals surface area contributed by atoms with Crippen molar-refractivity contribution in [1.29, 1.82) is 0 Å². The van der Waals surface area contributed by atoms with Crippen LogP contribution in [0.3, 0.4) is 0 Å². The molecule has 1 amide bonds. The number of benzene rings is 2. The van der Waals surface area contributed by atoms with E-state index in [0.717, 1.165) is 26.4 Å². The van der Waals surface area contributed by atoms with E-state index in [2.05, 4.69) is 21.4 Å². The number of nitrogens with zero attached hydrogens (tertiary/aromatic N) is 2. The number of thiazole rings is 1. The summed E-state index contributed by atoms with van der Waals surface area (Å²) in [7, 11) is 0. The van der Waals surface area contributed by atoms with E-state index in [-0.39, 0.29) is 11.9 Å². The quantitative estimate of drug-likeness (QED) is 0.641. The van der Waals surface area contributed by atoms with Crippen LogP contribution in [0, 0.1) is 0 Å². The van der Waals surface area contributed by atoms with E-state index in [1.54, 1.807) is 29.3 Å². The Bertz CT molecular complexity index is 942. The lowest BCUT2D eigenvalue weighted by Crippen LogP contribution is -2.30. The molecule has 4 nitrogen and oxygen atoms in total. The topological polar surface area (TPSA) is 54.4 Å². The zero-order valence-electron chi connectivity index (χ0n) is 14.4. The number of thioether (sulfide) groups is 2. The van der Waals surface area contributed by atoms with Crippen molar-refractivity contribution in [3.8, 4) is 0 Å². The van der Waals surface area contributed by atoms with Gasteiger partial charge in [0.1, 0.15) is 15.4 Å². The van der Waals surface area contributed by atoms with Crippen LogP contribution in [-0.2, 0) is 10.5 Å². The standard InChI is InChI=1S/C20H17N3OS3/c24-17(13-27-20-22-16-9-5-4-8-15(16)12-26-20)23-18(19-21-10-11-25-19)14-6-2-1-3-7-14/h1-11,18H,12-13H2,(H,23,24). The number of hydrogen-bond acceptors (Lipinski definition) is 6. The van der Waals surface area contributed by atoms with E-state index in [1.807, 2.05) is 53.9 Å². The van der Waals surface area contributed by atoms with Crippen LogP contribution in [0.2, 0.25) is 0 Å². The van der Waals surface area contributed by atoms with Crippen LogP contribution >= 0.6 is 34.9 Å². The molecule has 2 heterocycles. The minimum atomic E-state index is -0.221. The normalized spacial score (nSPS) is 14.1. The third kappa shape index (κ3) is 4.61. The molecule has 0 aliphatic carbocycles. The van der Waals surface area contributed by atoms with Gasteiger partial charge in [-0.3, -0.25) is 4.79 Å². The molecule has 27 heavy (non-hydrogen) atoms. The van der Waals surface area contributed by atoms with Crippen LogP contribution in [0.15, 0.2) is 71.2 Å². The van der Waals surface area contributed by atoms with E-state index >= 15 is 0 Å². The zero-order chi connectivity index (χ0) is 18.5. The van der Waals surface area contributed by atoms with Crippen LogP contribution in [0.4, 0.5) is 5.69 Å². The number of amides is 1. The molecule has 1 aliphatic heterocycles. The van der Waals surface area contributed by atoms with Gasteiger partial charge in [0, 0.05) is 17.3 Å². The highest BCUT2D eigenvalue weighted by atomic mass is 32.2. The van der Waals surface area contributed by atoms with Gasteiger partial charge < -0.3 is 5.32 Å². The minimum absolute atomic E-state index is 0.0220. The number of carbonyl (C=O) groups excluding carboxylic acids is 1. The average Bonchev–Trinajstić information content (AvgIpc) is 3.25. The first-order valence-electron chi connectivity index (χ1n) is 8.45. The minimum Gasteiger partial charge on any atom is -0.342 e. The Morgan fingerprint density at radius 3 is 2.78 bits per heavy atom. The molecule has 0 fully saturated rings. The van der Waals surface area contributed by atoms with Crippen molar-refractivity contribution in [2.24, 2.45) is 4.99 Å². The Labute approximate surface area is 170 Å². The second kappa shape index (κ2) is 8.73. The van der Waals surface area contributed by atoms with Gasteiger partial charge in [0.15, 0.2) is 0 Å². The zero-order valence-corrected chi connectivity index (χ0v) is 16.8. The molecule has 0 spiro atoms. The first-order chi connectivity index (χ1) is 13.3. The molecule has 0 bridgehead atoms. The molecule has 1 atom stereocenters. The van der Waals surface area contributed by atoms with Crippen LogP contribution < -0.4 is 5.32 Å². The summed E-state index contributed by atoms with van der Waals surface area (Å²) in [5, 5.41) is 5.93. The summed E-state index contributed by atoms with van der Waals surface area (Å²) >= 11 is 4.72. The number of aliphatic imine (C=N–C) groups is 1. The third-order valence-corrected chi connectivity index (χ3v) is 7.10. The number of carbonyl (C=O) groups is 1. The number of para-hydroxylation sites is 1. The molecule has 0 saturated carbocycles. The number of hydrogen-bond donors (Lipinski definition) is 1. The lowest BCUT2D eigenvalue weighted by molar-refractivity contribution is -0.119. The van der Waals surface area contributed by atoms with Crippen molar-refractivity contribution in [2.75, 3.05) is 5.75 Å². The van der Waals surface area contributed by atoms with E-state index in [1.165, 1.54) is 17.3 Å². The first kappa shape index (κ1) is 18.3. The van der Waals surface area contributed by atoms with Crippen molar-refractivity contribution < 1.29 is 4.79 Å². The van der Waals surface area contributed by atoms with Crippen LogP contribution in [0.1, 0.15) is 22.2 Å². The van der Waals surface area contributed by atoms with E-state index in [4.69, 9.17) is 0 Å². The Balaban J connectivity index is 1.42. The fourth-order valence-electron chi connectivity index (χ4n) is 2.73. The van der Waals surface area contributed by atoms with Gasteiger partial charge in [0.25, 0.3) is 0 Å². The fourth-order valence-corrected chi connectivity index (χ4v) is 5.31. The van der Waals surface area contributed by atoms with Crippen LogP contribution in [-0.4, -0.2) is 21.0 Å². The molecule has 0 radical (unpaired) electrons. The molecule has 1 unspecified atom stereocenters. The summed E-state index contributed by atoms with van der Waals surface area (Å²) < 4.78 is 0.939. The predicted octanol–water partition coefficient (Wildman–Crippen LogP) is 5.02. The summed E-state index contributed by atoms with van der Waals surface area (Å²) in [6.07, 6.45) is 1.77. The Morgan fingerprint density at radius 1 is 1.15 bits per heavy atom. The maximum Gasteiger partial charge on any atom is 0.231 e. The highest BCUT2D eigenvalue weighted by Gasteiger charge is 2.20. The molecular formula is C20H17N3OS3. The molecule has 136 valence electrons. The average molecular weight is 412 g/mol. The molecular weight excluding hydrogens is 394 g/mol. The number of fused-ring (bicyclic) bond motifs is 1. The maximum atomic E-state index is 12.6. The molecule has 4 rings (SSSR count). The summed E-state index contributed by atoms with van der Waals surface area (Å²) in [5.74, 6) is 1.21. The van der Waals surface area contributed by atoms with Gasteiger partial charge in [0.2, 0.25) is 5.91 Å². The first-order valence-corrected chi connectivity index (χ1v) is 11.3.